The Morgan fingerprint density at radius 1 is 1.06 bits per heavy atom. The zero-order valence-corrected chi connectivity index (χ0v) is 17.8. The molecule has 3 amide bonds. The van der Waals surface area contributed by atoms with Crippen molar-refractivity contribution >= 4 is 23.3 Å². The van der Waals surface area contributed by atoms with Gasteiger partial charge < -0.3 is 29.7 Å². The third kappa shape index (κ3) is 4.52. The van der Waals surface area contributed by atoms with Gasteiger partial charge in [-0.2, -0.15) is 0 Å². The molecule has 0 saturated carbocycles. The largest absolute Gasteiger partial charge is 0.497 e. The summed E-state index contributed by atoms with van der Waals surface area (Å²) in [6.45, 7) is 1.34. The molecule has 1 unspecified atom stereocenters. The number of rotatable bonds is 4. The van der Waals surface area contributed by atoms with Crippen molar-refractivity contribution in [3.8, 4) is 17.2 Å². The highest BCUT2D eigenvalue weighted by molar-refractivity contribution is 6.03. The summed E-state index contributed by atoms with van der Waals surface area (Å²) in [4.78, 5) is 27.7. The standard InChI is InChI=1S/C23H27N3O5/c1-29-17-7-8-19(21(14-17)30-2)25-23(28)24-15-6-9-20-18(13-15)22(27)26-11-4-3-5-16(26)10-12-31-20/h6-9,13-14,16H,3-5,10-12H2,1-2H3,(H2,24,25,28). The molecule has 2 N–H and O–H groups in total. The molecule has 0 bridgehead atoms. The van der Waals surface area contributed by atoms with Crippen LogP contribution >= 0.6 is 0 Å². The number of carbonyl (C=O) groups excluding carboxylic acids is 2. The molecule has 164 valence electrons. The van der Waals surface area contributed by atoms with Gasteiger partial charge in [-0.3, -0.25) is 4.79 Å². The van der Waals surface area contributed by atoms with E-state index in [1.165, 1.54) is 7.11 Å². The van der Waals surface area contributed by atoms with Crippen molar-refractivity contribution in [1.82, 2.24) is 4.90 Å². The zero-order valence-electron chi connectivity index (χ0n) is 17.8. The predicted octanol–water partition coefficient (Wildman–Crippen LogP) is 4.13. The second-order valence-electron chi connectivity index (χ2n) is 7.64. The third-order valence-electron chi connectivity index (χ3n) is 5.72. The number of nitrogens with one attached hydrogen (secondary N) is 2. The highest BCUT2D eigenvalue weighted by Crippen LogP contribution is 2.32. The summed E-state index contributed by atoms with van der Waals surface area (Å²) >= 11 is 0. The molecule has 2 aliphatic rings. The first-order chi connectivity index (χ1) is 15.1. The first-order valence-corrected chi connectivity index (χ1v) is 10.5. The smallest absolute Gasteiger partial charge is 0.323 e. The summed E-state index contributed by atoms with van der Waals surface area (Å²) in [5.41, 5.74) is 1.49. The van der Waals surface area contributed by atoms with Gasteiger partial charge in [0.2, 0.25) is 0 Å². The number of carbonyl (C=O) groups is 2. The molecule has 4 rings (SSSR count). The number of nitrogens with zero attached hydrogens (tertiary/aromatic N) is 1. The van der Waals surface area contributed by atoms with Crippen LogP contribution in [0.5, 0.6) is 17.2 Å². The van der Waals surface area contributed by atoms with Gasteiger partial charge in [0, 0.05) is 30.8 Å². The average molecular weight is 425 g/mol. The summed E-state index contributed by atoms with van der Waals surface area (Å²) in [7, 11) is 3.08. The number of urea groups is 1. The Kier molecular flexibility index (Phi) is 6.16. The Morgan fingerprint density at radius 3 is 2.74 bits per heavy atom. The van der Waals surface area contributed by atoms with E-state index < -0.39 is 6.03 Å². The molecular formula is C23H27N3O5. The number of benzene rings is 2. The van der Waals surface area contributed by atoms with Crippen molar-refractivity contribution < 1.29 is 23.8 Å². The minimum atomic E-state index is -0.446. The molecule has 2 heterocycles. The van der Waals surface area contributed by atoms with Gasteiger partial charge in [-0.15, -0.1) is 0 Å². The van der Waals surface area contributed by atoms with Crippen molar-refractivity contribution in [3.05, 3.63) is 42.0 Å². The molecule has 8 heteroatoms. The number of methoxy groups -OCH3 is 2. The van der Waals surface area contributed by atoms with Crippen molar-refractivity contribution in [2.45, 2.75) is 31.7 Å². The fourth-order valence-electron chi connectivity index (χ4n) is 4.11. The predicted molar refractivity (Wildman–Crippen MR) is 117 cm³/mol. The van der Waals surface area contributed by atoms with E-state index in [0.29, 0.717) is 40.8 Å². The van der Waals surface area contributed by atoms with E-state index in [0.717, 1.165) is 32.2 Å². The quantitative estimate of drug-likeness (QED) is 0.769. The van der Waals surface area contributed by atoms with Crippen molar-refractivity contribution in [3.63, 3.8) is 0 Å². The van der Waals surface area contributed by atoms with Crippen LogP contribution in [-0.2, 0) is 0 Å². The molecule has 31 heavy (non-hydrogen) atoms. The van der Waals surface area contributed by atoms with E-state index in [-0.39, 0.29) is 11.9 Å². The molecule has 1 atom stereocenters. The van der Waals surface area contributed by atoms with Crippen LogP contribution in [0.15, 0.2) is 36.4 Å². The normalized spacial score (nSPS) is 17.9. The Balaban J connectivity index is 1.51. The fraction of sp³-hybridized carbons (Fsp3) is 0.391. The van der Waals surface area contributed by atoms with Gasteiger partial charge in [0.05, 0.1) is 32.1 Å². The van der Waals surface area contributed by atoms with Crippen molar-refractivity contribution in [2.75, 3.05) is 38.0 Å². The molecule has 1 saturated heterocycles. The van der Waals surface area contributed by atoms with Gasteiger partial charge >= 0.3 is 6.03 Å². The van der Waals surface area contributed by atoms with E-state index in [2.05, 4.69) is 10.6 Å². The van der Waals surface area contributed by atoms with Crippen LogP contribution in [0, 0.1) is 0 Å². The molecule has 0 spiro atoms. The number of fused-ring (bicyclic) bond motifs is 2. The monoisotopic (exact) mass is 425 g/mol. The number of piperidine rings is 1. The summed E-state index contributed by atoms with van der Waals surface area (Å²) < 4.78 is 16.3. The van der Waals surface area contributed by atoms with E-state index in [1.54, 1.807) is 43.5 Å². The van der Waals surface area contributed by atoms with Crippen LogP contribution in [-0.4, -0.2) is 50.3 Å². The summed E-state index contributed by atoms with van der Waals surface area (Å²) in [6.07, 6.45) is 4.01. The molecular weight excluding hydrogens is 398 g/mol. The molecule has 0 radical (unpaired) electrons. The highest BCUT2D eigenvalue weighted by atomic mass is 16.5. The molecule has 2 aliphatic heterocycles. The number of amides is 3. The minimum absolute atomic E-state index is 0.0414. The van der Waals surface area contributed by atoms with Crippen LogP contribution in [0.3, 0.4) is 0 Å². The van der Waals surface area contributed by atoms with Gasteiger partial charge in [0.25, 0.3) is 5.91 Å². The van der Waals surface area contributed by atoms with Gasteiger partial charge in [0.15, 0.2) is 0 Å². The first-order valence-electron chi connectivity index (χ1n) is 10.5. The van der Waals surface area contributed by atoms with Gasteiger partial charge in [-0.05, 0) is 49.6 Å². The number of hydrogen-bond donors (Lipinski definition) is 2. The van der Waals surface area contributed by atoms with Crippen LogP contribution < -0.4 is 24.8 Å². The summed E-state index contributed by atoms with van der Waals surface area (Å²) in [5, 5.41) is 5.55. The maximum absolute atomic E-state index is 13.2. The van der Waals surface area contributed by atoms with Crippen LogP contribution in [0.2, 0.25) is 0 Å². The SMILES string of the molecule is COc1ccc(NC(=O)Nc2ccc3c(c2)C(=O)N2CCCCC2CCO3)c(OC)c1. The van der Waals surface area contributed by atoms with Crippen molar-refractivity contribution in [1.29, 1.82) is 0 Å². The van der Waals surface area contributed by atoms with E-state index in [9.17, 15) is 9.59 Å². The summed E-state index contributed by atoms with van der Waals surface area (Å²) in [5.74, 6) is 1.61. The van der Waals surface area contributed by atoms with Crippen LogP contribution in [0.25, 0.3) is 0 Å². The highest BCUT2D eigenvalue weighted by Gasteiger charge is 2.31. The molecule has 0 aliphatic carbocycles. The van der Waals surface area contributed by atoms with Crippen LogP contribution in [0.1, 0.15) is 36.0 Å². The lowest BCUT2D eigenvalue weighted by Gasteiger charge is -2.37. The lowest BCUT2D eigenvalue weighted by molar-refractivity contribution is 0.0548. The second kappa shape index (κ2) is 9.16. The molecule has 0 aromatic heterocycles. The average Bonchev–Trinajstić information content (AvgIpc) is 2.79. The fourth-order valence-corrected chi connectivity index (χ4v) is 4.11. The Bertz CT molecular complexity index is 978. The number of hydrogen-bond acceptors (Lipinski definition) is 5. The maximum atomic E-state index is 13.2. The Hall–Kier alpha value is -3.42. The topological polar surface area (TPSA) is 89.1 Å². The molecule has 8 nitrogen and oxygen atoms in total. The molecule has 1 fully saturated rings. The zero-order chi connectivity index (χ0) is 21.8. The Morgan fingerprint density at radius 2 is 1.94 bits per heavy atom. The minimum Gasteiger partial charge on any atom is -0.497 e. The lowest BCUT2D eigenvalue weighted by Crippen LogP contribution is -2.45. The van der Waals surface area contributed by atoms with Crippen LogP contribution in [0.4, 0.5) is 16.2 Å². The Labute approximate surface area is 181 Å². The lowest BCUT2D eigenvalue weighted by atomic mass is 9.97. The van der Waals surface area contributed by atoms with Gasteiger partial charge in [-0.25, -0.2) is 4.79 Å². The first kappa shape index (κ1) is 20.8. The third-order valence-corrected chi connectivity index (χ3v) is 5.72. The number of ether oxygens (including phenoxy) is 3. The van der Waals surface area contributed by atoms with E-state index in [1.807, 2.05) is 4.90 Å². The van der Waals surface area contributed by atoms with Gasteiger partial charge in [0.1, 0.15) is 17.2 Å². The molecule has 2 aromatic rings. The van der Waals surface area contributed by atoms with Crippen molar-refractivity contribution in [2.24, 2.45) is 0 Å². The summed E-state index contributed by atoms with van der Waals surface area (Å²) in [6, 6.07) is 10.0. The van der Waals surface area contributed by atoms with E-state index in [4.69, 9.17) is 14.2 Å². The van der Waals surface area contributed by atoms with Gasteiger partial charge in [-0.1, -0.05) is 0 Å². The maximum Gasteiger partial charge on any atom is 0.323 e. The number of anilines is 2. The second-order valence-corrected chi connectivity index (χ2v) is 7.64. The van der Waals surface area contributed by atoms with E-state index >= 15 is 0 Å². The molecule has 2 aromatic carbocycles.